The van der Waals surface area contributed by atoms with Crippen molar-refractivity contribution in [2.75, 3.05) is 39.9 Å². The van der Waals surface area contributed by atoms with Crippen molar-refractivity contribution in [2.45, 2.75) is 83.7 Å². The molecule has 0 aliphatic carbocycles. The number of benzene rings is 3. The van der Waals surface area contributed by atoms with Crippen LogP contribution in [0.3, 0.4) is 0 Å². The number of carbonyl (C=O) groups is 3. The fraction of sp³-hybridized carbons (Fsp3) is 0.488. The largest absolute Gasteiger partial charge is 0.444 e. The second-order valence-electron chi connectivity index (χ2n) is 15.2. The lowest BCUT2D eigenvalue weighted by atomic mass is 9.83. The highest BCUT2D eigenvalue weighted by atomic mass is 19.1. The minimum Gasteiger partial charge on any atom is -0.444 e. The zero-order valence-electron chi connectivity index (χ0n) is 30.8. The average Bonchev–Trinajstić information content (AvgIpc) is 3.54. The molecule has 2 amide bonds. The summed E-state index contributed by atoms with van der Waals surface area (Å²) in [7, 11) is 1.61. The molecular formula is C41H51F2N3O6. The number of hydrogen-bond donors (Lipinski definition) is 1. The van der Waals surface area contributed by atoms with Crippen molar-refractivity contribution in [3.05, 3.63) is 106 Å². The van der Waals surface area contributed by atoms with Crippen molar-refractivity contribution in [3.63, 3.8) is 0 Å². The zero-order valence-corrected chi connectivity index (χ0v) is 30.8. The molecule has 5 rings (SSSR count). The van der Waals surface area contributed by atoms with Gasteiger partial charge in [0.05, 0.1) is 24.8 Å². The van der Waals surface area contributed by atoms with Crippen LogP contribution >= 0.6 is 0 Å². The molecule has 3 aromatic rings. The zero-order chi connectivity index (χ0) is 37.6. The Morgan fingerprint density at radius 1 is 0.904 bits per heavy atom. The Hall–Kier alpha value is -4.19. The highest BCUT2D eigenvalue weighted by Crippen LogP contribution is 2.29. The van der Waals surface area contributed by atoms with Gasteiger partial charge >= 0.3 is 6.09 Å². The van der Waals surface area contributed by atoms with E-state index in [1.165, 1.54) is 17.0 Å². The predicted molar refractivity (Wildman–Crippen MR) is 194 cm³/mol. The summed E-state index contributed by atoms with van der Waals surface area (Å²) in [5.41, 5.74) is 1.95. The first-order valence-corrected chi connectivity index (χ1v) is 18.0. The predicted octanol–water partition coefficient (Wildman–Crippen LogP) is 6.44. The Morgan fingerprint density at radius 3 is 2.27 bits per heavy atom. The highest BCUT2D eigenvalue weighted by molar-refractivity contribution is 6.01. The number of carbonyl (C=O) groups excluding carboxylic acids is 3. The fourth-order valence-electron chi connectivity index (χ4n) is 7.41. The van der Waals surface area contributed by atoms with E-state index in [-0.39, 0.29) is 49.2 Å². The number of nitrogens with zero attached hydrogens (tertiary/aromatic N) is 3. The van der Waals surface area contributed by atoms with Crippen LogP contribution < -0.4 is 0 Å². The Kier molecular flexibility index (Phi) is 12.8. The van der Waals surface area contributed by atoms with Crippen LogP contribution in [-0.2, 0) is 22.4 Å². The summed E-state index contributed by atoms with van der Waals surface area (Å²) in [4.78, 5) is 46.8. The van der Waals surface area contributed by atoms with E-state index in [4.69, 9.17) is 9.47 Å². The number of aliphatic hydroxyl groups excluding tert-OH is 1. The SMILES string of the molecule is COC[C@H]1CCCN1C(=O)c1cc(C)cc(C(=O)C[C@@H](Cc2cc(F)cc(F)c2)[C@H](O)[C@H]2CN(Cc3ccccc3)CCN2C(=O)OC(C)(C)C)c1. The maximum Gasteiger partial charge on any atom is 0.410 e. The smallest absolute Gasteiger partial charge is 0.410 e. The van der Waals surface area contributed by atoms with Crippen LogP contribution in [0.4, 0.5) is 13.6 Å². The van der Waals surface area contributed by atoms with Gasteiger partial charge < -0.3 is 24.4 Å². The second kappa shape index (κ2) is 17.1. The average molecular weight is 720 g/mol. The van der Waals surface area contributed by atoms with E-state index < -0.39 is 41.4 Å². The fourth-order valence-corrected chi connectivity index (χ4v) is 7.41. The van der Waals surface area contributed by atoms with Gasteiger partial charge in [0.1, 0.15) is 17.2 Å². The van der Waals surface area contributed by atoms with E-state index >= 15 is 0 Å². The van der Waals surface area contributed by atoms with Crippen molar-refractivity contribution in [1.82, 2.24) is 14.7 Å². The number of aryl methyl sites for hydroxylation is 1. The molecule has 0 aromatic heterocycles. The number of ketones is 1. The Balaban J connectivity index is 1.46. The summed E-state index contributed by atoms with van der Waals surface area (Å²) < 4.78 is 39.9. The minimum atomic E-state index is -1.29. The maximum absolute atomic E-state index is 14.4. The molecule has 52 heavy (non-hydrogen) atoms. The first-order valence-electron chi connectivity index (χ1n) is 18.0. The Bertz CT molecular complexity index is 1690. The molecule has 2 saturated heterocycles. The molecule has 2 fully saturated rings. The highest BCUT2D eigenvalue weighted by Gasteiger charge is 2.41. The maximum atomic E-state index is 14.4. The Morgan fingerprint density at radius 2 is 1.60 bits per heavy atom. The molecule has 3 aromatic carbocycles. The van der Waals surface area contributed by atoms with E-state index in [9.17, 15) is 28.3 Å². The molecule has 0 bridgehead atoms. The van der Waals surface area contributed by atoms with Gasteiger partial charge in [0.15, 0.2) is 5.78 Å². The number of piperazine rings is 1. The number of aliphatic hydroxyl groups is 1. The number of methoxy groups -OCH3 is 1. The van der Waals surface area contributed by atoms with E-state index in [0.29, 0.717) is 37.4 Å². The molecule has 0 spiro atoms. The van der Waals surface area contributed by atoms with Crippen LogP contribution in [0.5, 0.6) is 0 Å². The van der Waals surface area contributed by atoms with Crippen LogP contribution in [0, 0.1) is 24.5 Å². The number of Topliss-reactive ketones (excluding diaryl/α,β-unsaturated/α-hetero) is 1. The number of ether oxygens (including phenoxy) is 2. The molecule has 11 heteroatoms. The summed E-state index contributed by atoms with van der Waals surface area (Å²) in [5.74, 6) is -2.92. The van der Waals surface area contributed by atoms with Gasteiger partial charge in [0.25, 0.3) is 5.91 Å². The summed E-state index contributed by atoms with van der Waals surface area (Å²) in [5, 5.41) is 12.3. The molecular weight excluding hydrogens is 668 g/mol. The lowest BCUT2D eigenvalue weighted by molar-refractivity contribution is -0.0483. The number of likely N-dealkylation sites (tertiary alicyclic amines) is 1. The minimum absolute atomic E-state index is 0.0387. The standard InChI is InChI=1S/C41H51F2N3O6/c1-27-16-30(21-32(17-27)39(49)45-13-9-12-35(45)26-51-5)37(47)22-31(18-29-19-33(42)23-34(43)20-29)38(48)36-25-44(24-28-10-7-6-8-11-28)14-15-46(36)40(50)52-41(2,3)4/h6-8,10-11,16-17,19-21,23,31,35-36,38,48H,9,12-15,18,22,24-26H2,1-5H3/t31-,35-,36-,38+/m1/s1. The van der Waals surface area contributed by atoms with Crippen LogP contribution in [0.15, 0.2) is 66.7 Å². The van der Waals surface area contributed by atoms with Crippen molar-refractivity contribution in [3.8, 4) is 0 Å². The van der Waals surface area contributed by atoms with Crippen molar-refractivity contribution in [2.24, 2.45) is 5.92 Å². The van der Waals surface area contributed by atoms with Crippen molar-refractivity contribution >= 4 is 17.8 Å². The summed E-state index contributed by atoms with van der Waals surface area (Å²) in [6, 6.07) is 17.2. The molecule has 2 aliphatic rings. The second-order valence-corrected chi connectivity index (χ2v) is 15.2. The Labute approximate surface area is 305 Å². The van der Waals surface area contributed by atoms with E-state index in [0.717, 1.165) is 30.0 Å². The molecule has 4 atom stereocenters. The van der Waals surface area contributed by atoms with Crippen LogP contribution in [0.25, 0.3) is 0 Å². The van der Waals surface area contributed by atoms with Gasteiger partial charge in [-0.15, -0.1) is 0 Å². The van der Waals surface area contributed by atoms with E-state index in [1.807, 2.05) is 37.3 Å². The lowest BCUT2D eigenvalue weighted by Gasteiger charge is -2.45. The van der Waals surface area contributed by atoms with Crippen LogP contribution in [-0.4, -0.2) is 101 Å². The first kappa shape index (κ1) is 39.0. The van der Waals surface area contributed by atoms with Crippen LogP contribution in [0.2, 0.25) is 0 Å². The number of hydrogen-bond acceptors (Lipinski definition) is 7. The number of halogens is 2. The molecule has 0 unspecified atom stereocenters. The monoisotopic (exact) mass is 719 g/mol. The normalized spacial score (nSPS) is 19.4. The van der Waals surface area contributed by atoms with E-state index in [1.54, 1.807) is 51.0 Å². The third-order valence-electron chi connectivity index (χ3n) is 9.77. The summed E-state index contributed by atoms with van der Waals surface area (Å²) in [6.45, 7) is 9.79. The van der Waals surface area contributed by atoms with Crippen LogP contribution in [0.1, 0.15) is 77.4 Å². The van der Waals surface area contributed by atoms with Crippen molar-refractivity contribution in [1.29, 1.82) is 0 Å². The molecule has 1 N–H and O–H groups in total. The van der Waals surface area contributed by atoms with Gasteiger partial charge in [-0.25, -0.2) is 13.6 Å². The summed E-state index contributed by atoms with van der Waals surface area (Å²) >= 11 is 0. The number of amides is 2. The van der Waals surface area contributed by atoms with Gasteiger partial charge in [-0.3, -0.25) is 14.5 Å². The van der Waals surface area contributed by atoms with Gasteiger partial charge in [-0.1, -0.05) is 30.3 Å². The van der Waals surface area contributed by atoms with Gasteiger partial charge in [-0.2, -0.15) is 0 Å². The van der Waals surface area contributed by atoms with Gasteiger partial charge in [-0.05, 0) is 99.9 Å². The quantitative estimate of drug-likeness (QED) is 0.215. The van der Waals surface area contributed by atoms with Crippen molar-refractivity contribution < 1.29 is 37.7 Å². The molecule has 0 saturated carbocycles. The molecule has 9 nitrogen and oxygen atoms in total. The van der Waals surface area contributed by atoms with Gasteiger partial charge in [0.2, 0.25) is 0 Å². The number of rotatable bonds is 12. The third-order valence-corrected chi connectivity index (χ3v) is 9.77. The third kappa shape index (κ3) is 10.2. The lowest BCUT2D eigenvalue weighted by Crippen LogP contribution is -2.61. The summed E-state index contributed by atoms with van der Waals surface area (Å²) in [6.07, 6.45) is -0.420. The topological polar surface area (TPSA) is 99.6 Å². The van der Waals surface area contributed by atoms with Gasteiger partial charge in [0, 0.05) is 63.4 Å². The molecule has 2 aliphatic heterocycles. The molecule has 0 radical (unpaired) electrons. The first-order chi connectivity index (χ1) is 24.7. The van der Waals surface area contributed by atoms with E-state index in [2.05, 4.69) is 4.90 Å². The molecule has 2 heterocycles. The molecule has 280 valence electrons.